The summed E-state index contributed by atoms with van der Waals surface area (Å²) in [4.78, 5) is 4.01. The fourth-order valence-corrected chi connectivity index (χ4v) is 2.81. The smallest absolute Gasteiger partial charge is 0.213 e. The van der Waals surface area contributed by atoms with Crippen molar-refractivity contribution in [2.45, 2.75) is 31.8 Å². The third-order valence-electron chi connectivity index (χ3n) is 3.35. The largest absolute Gasteiger partial charge is 0.343 e. The summed E-state index contributed by atoms with van der Waals surface area (Å²) in [5.41, 5.74) is 2.90. The second-order valence-corrected chi connectivity index (χ2v) is 5.50. The van der Waals surface area contributed by atoms with Gasteiger partial charge in [0.15, 0.2) is 5.82 Å². The molecule has 1 N–H and O–H groups in total. The predicted molar refractivity (Wildman–Crippen MR) is 71.1 cm³/mol. The lowest BCUT2D eigenvalue weighted by atomic mass is 9.88. The molecule has 0 amide bonds. The molecule has 0 saturated carbocycles. The van der Waals surface area contributed by atoms with Crippen LogP contribution in [0.2, 0.25) is 0 Å². The van der Waals surface area contributed by atoms with Crippen LogP contribution in [0.15, 0.2) is 33.6 Å². The molecule has 0 saturated heterocycles. The summed E-state index contributed by atoms with van der Waals surface area (Å²) in [6.45, 7) is 0.674. The summed E-state index contributed by atoms with van der Waals surface area (Å²) in [7, 11) is 0. The lowest BCUT2D eigenvalue weighted by Crippen LogP contribution is -2.34. The number of benzene rings is 1. The van der Waals surface area contributed by atoms with Crippen LogP contribution in [0.1, 0.15) is 23.4 Å². The number of fused-ring (bicyclic) bond motifs is 1. The molecule has 1 unspecified atom stereocenters. The van der Waals surface area contributed by atoms with Crippen molar-refractivity contribution in [2.24, 2.45) is 0 Å². The summed E-state index contributed by atoms with van der Waals surface area (Å²) >= 11 is 3.52. The van der Waals surface area contributed by atoms with Crippen molar-refractivity contribution < 1.29 is 4.52 Å². The van der Waals surface area contributed by atoms with Crippen LogP contribution in [0.3, 0.4) is 0 Å². The van der Waals surface area contributed by atoms with Gasteiger partial charge in [-0.2, -0.15) is 4.98 Å². The summed E-state index contributed by atoms with van der Waals surface area (Å²) in [5.74, 6) is 0.719. The Balaban J connectivity index is 1.62. The SMILES string of the molecule is Brc1ccc2c(c1)CCC(NCc1ncon1)C2. The van der Waals surface area contributed by atoms with Crippen molar-refractivity contribution in [3.8, 4) is 0 Å². The van der Waals surface area contributed by atoms with Crippen LogP contribution in [0.25, 0.3) is 0 Å². The quantitative estimate of drug-likeness (QED) is 0.946. The average molecular weight is 308 g/mol. The normalized spacial score (nSPS) is 18.6. The molecule has 18 heavy (non-hydrogen) atoms. The average Bonchev–Trinajstić information content (AvgIpc) is 2.89. The first-order valence-electron chi connectivity index (χ1n) is 6.07. The maximum Gasteiger partial charge on any atom is 0.213 e. The van der Waals surface area contributed by atoms with E-state index in [4.69, 9.17) is 4.52 Å². The number of hydrogen-bond acceptors (Lipinski definition) is 4. The van der Waals surface area contributed by atoms with Gasteiger partial charge >= 0.3 is 0 Å². The molecular weight excluding hydrogens is 294 g/mol. The lowest BCUT2D eigenvalue weighted by Gasteiger charge is -2.25. The minimum Gasteiger partial charge on any atom is -0.343 e. The molecule has 1 aliphatic rings. The van der Waals surface area contributed by atoms with Crippen LogP contribution in [0.4, 0.5) is 0 Å². The maximum absolute atomic E-state index is 4.72. The molecule has 3 rings (SSSR count). The van der Waals surface area contributed by atoms with Crippen molar-refractivity contribution in [3.63, 3.8) is 0 Å². The molecule has 1 heterocycles. The Kier molecular flexibility index (Phi) is 3.43. The van der Waals surface area contributed by atoms with Crippen LogP contribution < -0.4 is 5.32 Å². The lowest BCUT2D eigenvalue weighted by molar-refractivity contribution is 0.398. The maximum atomic E-state index is 4.72. The van der Waals surface area contributed by atoms with Gasteiger partial charge in [0, 0.05) is 10.5 Å². The molecule has 1 aromatic carbocycles. The minimum atomic E-state index is 0.497. The molecule has 0 radical (unpaired) electrons. The summed E-state index contributed by atoms with van der Waals surface area (Å²) in [6.07, 6.45) is 4.71. The first kappa shape index (κ1) is 11.9. The standard InChI is InChI=1S/C13H14BrN3O/c14-11-3-1-10-6-12(4-2-9(10)5-11)15-7-13-16-8-18-17-13/h1,3,5,8,12,15H,2,4,6-7H2. The van der Waals surface area contributed by atoms with E-state index in [-0.39, 0.29) is 0 Å². The zero-order chi connectivity index (χ0) is 12.4. The van der Waals surface area contributed by atoms with Crippen LogP contribution in [0.5, 0.6) is 0 Å². The highest BCUT2D eigenvalue weighted by Crippen LogP contribution is 2.24. The molecule has 4 nitrogen and oxygen atoms in total. The summed E-state index contributed by atoms with van der Waals surface area (Å²) < 4.78 is 5.88. The Labute approximate surface area is 114 Å². The van der Waals surface area contributed by atoms with Gasteiger partial charge in [0.2, 0.25) is 6.39 Å². The zero-order valence-electron chi connectivity index (χ0n) is 9.90. The molecule has 1 aromatic heterocycles. The number of nitrogens with one attached hydrogen (secondary N) is 1. The van der Waals surface area contributed by atoms with Crippen LogP contribution in [0, 0.1) is 0 Å². The monoisotopic (exact) mass is 307 g/mol. The third kappa shape index (κ3) is 2.62. The molecule has 1 aliphatic carbocycles. The molecule has 0 spiro atoms. The van der Waals surface area contributed by atoms with Gasteiger partial charge in [0.1, 0.15) is 0 Å². The second-order valence-electron chi connectivity index (χ2n) is 4.58. The fraction of sp³-hybridized carbons (Fsp3) is 0.385. The van der Waals surface area contributed by atoms with Gasteiger partial charge in [0.05, 0.1) is 6.54 Å². The Hall–Kier alpha value is -1.20. The highest BCUT2D eigenvalue weighted by molar-refractivity contribution is 9.10. The molecular formula is C13H14BrN3O. The molecule has 1 atom stereocenters. The number of hydrogen-bond donors (Lipinski definition) is 1. The number of rotatable bonds is 3. The second kappa shape index (κ2) is 5.20. The molecule has 0 fully saturated rings. The fourth-order valence-electron chi connectivity index (χ4n) is 2.40. The molecule has 5 heteroatoms. The van der Waals surface area contributed by atoms with E-state index in [1.165, 1.54) is 22.0 Å². The first-order valence-corrected chi connectivity index (χ1v) is 6.86. The molecule has 0 bridgehead atoms. The number of halogens is 1. The van der Waals surface area contributed by atoms with E-state index in [2.05, 4.69) is 49.6 Å². The van der Waals surface area contributed by atoms with Crippen molar-refractivity contribution in [1.29, 1.82) is 0 Å². The van der Waals surface area contributed by atoms with Crippen molar-refractivity contribution >= 4 is 15.9 Å². The van der Waals surface area contributed by atoms with E-state index in [0.29, 0.717) is 12.6 Å². The van der Waals surface area contributed by atoms with Gasteiger partial charge in [-0.15, -0.1) is 0 Å². The van der Waals surface area contributed by atoms with E-state index in [9.17, 15) is 0 Å². The van der Waals surface area contributed by atoms with Crippen LogP contribution >= 0.6 is 15.9 Å². The molecule has 94 valence electrons. The predicted octanol–water partition coefficient (Wildman–Crippen LogP) is 2.48. The molecule has 0 aliphatic heterocycles. The topological polar surface area (TPSA) is 51.0 Å². The summed E-state index contributed by atoms with van der Waals surface area (Å²) in [6, 6.07) is 7.05. The third-order valence-corrected chi connectivity index (χ3v) is 3.85. The van der Waals surface area contributed by atoms with Gasteiger partial charge in [-0.25, -0.2) is 0 Å². The van der Waals surface area contributed by atoms with Gasteiger partial charge in [-0.05, 0) is 42.5 Å². The van der Waals surface area contributed by atoms with E-state index < -0.39 is 0 Å². The highest BCUT2D eigenvalue weighted by atomic mass is 79.9. The van der Waals surface area contributed by atoms with Gasteiger partial charge < -0.3 is 9.84 Å². The number of nitrogens with zero attached hydrogens (tertiary/aromatic N) is 2. The van der Waals surface area contributed by atoms with Gasteiger partial charge in [-0.3, -0.25) is 0 Å². The van der Waals surface area contributed by atoms with E-state index in [1.54, 1.807) is 0 Å². The number of aromatic nitrogens is 2. The van der Waals surface area contributed by atoms with Gasteiger partial charge in [0.25, 0.3) is 0 Å². The van der Waals surface area contributed by atoms with Crippen molar-refractivity contribution in [3.05, 3.63) is 46.0 Å². The van der Waals surface area contributed by atoms with Crippen LogP contribution in [-0.2, 0) is 19.4 Å². The van der Waals surface area contributed by atoms with E-state index in [0.717, 1.165) is 25.1 Å². The van der Waals surface area contributed by atoms with Crippen molar-refractivity contribution in [2.75, 3.05) is 0 Å². The van der Waals surface area contributed by atoms with E-state index >= 15 is 0 Å². The Morgan fingerprint density at radius 3 is 3.17 bits per heavy atom. The first-order chi connectivity index (χ1) is 8.81. The Morgan fingerprint density at radius 2 is 2.33 bits per heavy atom. The molecule has 2 aromatic rings. The van der Waals surface area contributed by atoms with E-state index in [1.807, 2.05) is 0 Å². The highest BCUT2D eigenvalue weighted by Gasteiger charge is 2.18. The van der Waals surface area contributed by atoms with Gasteiger partial charge in [-0.1, -0.05) is 27.2 Å². The van der Waals surface area contributed by atoms with Crippen LogP contribution in [-0.4, -0.2) is 16.2 Å². The Morgan fingerprint density at radius 1 is 1.39 bits per heavy atom. The summed E-state index contributed by atoms with van der Waals surface area (Å²) in [5, 5.41) is 7.28. The zero-order valence-corrected chi connectivity index (χ0v) is 11.5. The number of aryl methyl sites for hydroxylation is 1. The van der Waals surface area contributed by atoms with Crippen molar-refractivity contribution in [1.82, 2.24) is 15.5 Å². The minimum absolute atomic E-state index is 0.497. The Bertz CT molecular complexity index is 527.